The molecule has 0 N–H and O–H groups in total. The molecule has 1 rings (SSSR count). The lowest BCUT2D eigenvalue weighted by Gasteiger charge is -2.50. The lowest BCUT2D eigenvalue weighted by molar-refractivity contribution is -0.0139. The minimum Gasteiger partial charge on any atom is -0.308 e. The molecule has 1 saturated heterocycles. The summed E-state index contributed by atoms with van der Waals surface area (Å²) in [6.45, 7) is 11.7. The lowest BCUT2D eigenvalue weighted by Crippen LogP contribution is -2.64. The van der Waals surface area contributed by atoms with Crippen molar-refractivity contribution < 1.29 is 0 Å². The second kappa shape index (κ2) is 4.81. The number of rotatable bonds is 4. The van der Waals surface area contributed by atoms with E-state index in [0.717, 1.165) is 12.6 Å². The van der Waals surface area contributed by atoms with Crippen LogP contribution in [0.2, 0.25) is 0 Å². The largest absolute Gasteiger partial charge is 0.308 e. The van der Waals surface area contributed by atoms with E-state index in [2.05, 4.69) is 56.6 Å². The first-order chi connectivity index (χ1) is 6.80. The highest BCUT2D eigenvalue weighted by Gasteiger charge is 2.35. The van der Waals surface area contributed by atoms with Crippen LogP contribution in [0.3, 0.4) is 0 Å². The van der Waals surface area contributed by atoms with Gasteiger partial charge in [-0.25, -0.2) is 0 Å². The van der Waals surface area contributed by atoms with Gasteiger partial charge in [-0.05, 0) is 41.9 Å². The Morgan fingerprint density at radius 1 is 1.07 bits per heavy atom. The maximum Gasteiger partial charge on any atom is 0.0348 e. The Hall–Kier alpha value is -0.120. The van der Waals surface area contributed by atoms with Gasteiger partial charge >= 0.3 is 0 Å². The average Bonchev–Trinajstić information content (AvgIpc) is 1.94. The zero-order valence-corrected chi connectivity index (χ0v) is 11.2. The fourth-order valence-corrected chi connectivity index (χ4v) is 1.82. The summed E-state index contributed by atoms with van der Waals surface area (Å²) >= 11 is 0. The molecule has 3 nitrogen and oxygen atoms in total. The van der Waals surface area contributed by atoms with Crippen LogP contribution in [0.15, 0.2) is 0 Å². The Balaban J connectivity index is 2.21. The summed E-state index contributed by atoms with van der Waals surface area (Å²) in [6.07, 6.45) is 0. The third-order valence-corrected chi connectivity index (χ3v) is 3.33. The average molecular weight is 213 g/mol. The van der Waals surface area contributed by atoms with E-state index in [4.69, 9.17) is 0 Å². The molecule has 3 heteroatoms. The molecule has 1 aliphatic rings. The molecule has 0 atom stereocenters. The quantitative estimate of drug-likeness (QED) is 0.689. The van der Waals surface area contributed by atoms with Gasteiger partial charge in [0.15, 0.2) is 0 Å². The smallest absolute Gasteiger partial charge is 0.0348 e. The molecular weight excluding hydrogens is 186 g/mol. The molecule has 0 saturated carbocycles. The number of nitrogens with zero attached hydrogens (tertiary/aromatic N) is 3. The summed E-state index contributed by atoms with van der Waals surface area (Å²) in [5.41, 5.74) is 0.346. The summed E-state index contributed by atoms with van der Waals surface area (Å²) in [4.78, 5) is 7.28. The molecule has 90 valence electrons. The van der Waals surface area contributed by atoms with E-state index in [9.17, 15) is 0 Å². The van der Waals surface area contributed by atoms with Crippen molar-refractivity contribution in [2.45, 2.75) is 32.4 Å². The summed E-state index contributed by atoms with van der Waals surface area (Å²) in [6, 6.07) is 0.768. The fraction of sp³-hybridized carbons (Fsp3) is 1.00. The van der Waals surface area contributed by atoms with Gasteiger partial charge < -0.3 is 4.90 Å². The molecule has 1 aliphatic heterocycles. The van der Waals surface area contributed by atoms with Crippen molar-refractivity contribution >= 4 is 0 Å². The standard InChI is InChI=1S/C12H27N3/c1-12(2,3)15-9-11(10-15)14(6)8-7-13(4)5/h11H,7-10H2,1-6H3. The van der Waals surface area contributed by atoms with Crippen LogP contribution in [0.5, 0.6) is 0 Å². The van der Waals surface area contributed by atoms with Gasteiger partial charge in [0.1, 0.15) is 0 Å². The van der Waals surface area contributed by atoms with Gasteiger partial charge in [-0.3, -0.25) is 9.80 Å². The Kier molecular flexibility index (Phi) is 4.15. The molecule has 0 spiro atoms. The van der Waals surface area contributed by atoms with Crippen molar-refractivity contribution in [3.05, 3.63) is 0 Å². The van der Waals surface area contributed by atoms with E-state index in [1.54, 1.807) is 0 Å². The molecule has 0 aromatic carbocycles. The van der Waals surface area contributed by atoms with E-state index in [1.165, 1.54) is 19.6 Å². The molecule has 0 aromatic heterocycles. The highest BCUT2D eigenvalue weighted by atomic mass is 15.3. The lowest BCUT2D eigenvalue weighted by atomic mass is 9.97. The summed E-state index contributed by atoms with van der Waals surface area (Å²) < 4.78 is 0. The minimum atomic E-state index is 0.346. The summed E-state index contributed by atoms with van der Waals surface area (Å²) in [5.74, 6) is 0. The molecule has 0 amide bonds. The van der Waals surface area contributed by atoms with Crippen LogP contribution in [-0.2, 0) is 0 Å². The molecule has 0 unspecified atom stereocenters. The predicted molar refractivity (Wildman–Crippen MR) is 66.3 cm³/mol. The van der Waals surface area contributed by atoms with Gasteiger partial charge in [-0.15, -0.1) is 0 Å². The van der Waals surface area contributed by atoms with Crippen molar-refractivity contribution in [2.24, 2.45) is 0 Å². The molecule has 1 fully saturated rings. The number of hydrogen-bond donors (Lipinski definition) is 0. The molecule has 1 heterocycles. The van der Waals surface area contributed by atoms with Crippen molar-refractivity contribution in [1.82, 2.24) is 14.7 Å². The van der Waals surface area contributed by atoms with Crippen LogP contribution in [0, 0.1) is 0 Å². The molecular formula is C12H27N3. The normalized spacial score (nSPS) is 20.0. The van der Waals surface area contributed by atoms with Crippen molar-refractivity contribution in [2.75, 3.05) is 47.3 Å². The van der Waals surface area contributed by atoms with Gasteiger partial charge in [0.25, 0.3) is 0 Å². The highest BCUT2D eigenvalue weighted by molar-refractivity contribution is 4.93. The first-order valence-corrected chi connectivity index (χ1v) is 5.90. The maximum absolute atomic E-state index is 2.55. The van der Waals surface area contributed by atoms with Crippen LogP contribution < -0.4 is 0 Å². The topological polar surface area (TPSA) is 9.72 Å². The second-order valence-corrected chi connectivity index (χ2v) is 6.01. The van der Waals surface area contributed by atoms with Crippen LogP contribution >= 0.6 is 0 Å². The summed E-state index contributed by atoms with van der Waals surface area (Å²) in [5, 5.41) is 0. The SMILES string of the molecule is CN(C)CCN(C)C1CN(C(C)(C)C)C1. The van der Waals surface area contributed by atoms with Crippen LogP contribution in [0.4, 0.5) is 0 Å². The van der Waals surface area contributed by atoms with Gasteiger partial charge in [0.2, 0.25) is 0 Å². The van der Waals surface area contributed by atoms with E-state index >= 15 is 0 Å². The van der Waals surface area contributed by atoms with E-state index in [1.807, 2.05) is 0 Å². The molecule has 15 heavy (non-hydrogen) atoms. The Morgan fingerprint density at radius 3 is 2.00 bits per heavy atom. The van der Waals surface area contributed by atoms with E-state index < -0.39 is 0 Å². The fourth-order valence-electron chi connectivity index (χ4n) is 1.82. The molecule has 0 aromatic rings. The zero-order chi connectivity index (χ0) is 11.6. The van der Waals surface area contributed by atoms with Crippen LogP contribution in [0.25, 0.3) is 0 Å². The number of likely N-dealkylation sites (N-methyl/N-ethyl adjacent to an activating group) is 2. The summed E-state index contributed by atoms with van der Waals surface area (Å²) in [7, 11) is 6.51. The highest BCUT2D eigenvalue weighted by Crippen LogP contribution is 2.23. The first-order valence-electron chi connectivity index (χ1n) is 5.90. The van der Waals surface area contributed by atoms with E-state index in [-0.39, 0.29) is 0 Å². The zero-order valence-electron chi connectivity index (χ0n) is 11.2. The third kappa shape index (κ3) is 3.74. The van der Waals surface area contributed by atoms with Gasteiger partial charge in [-0.2, -0.15) is 0 Å². The first kappa shape index (κ1) is 12.9. The second-order valence-electron chi connectivity index (χ2n) is 6.01. The third-order valence-electron chi connectivity index (χ3n) is 3.33. The Labute approximate surface area is 95.0 Å². The van der Waals surface area contributed by atoms with Gasteiger partial charge in [0, 0.05) is 37.8 Å². The molecule has 0 radical (unpaired) electrons. The molecule has 0 aliphatic carbocycles. The van der Waals surface area contributed by atoms with Crippen molar-refractivity contribution in [1.29, 1.82) is 0 Å². The van der Waals surface area contributed by atoms with Crippen molar-refractivity contribution in [3.8, 4) is 0 Å². The minimum absolute atomic E-state index is 0.346. The van der Waals surface area contributed by atoms with Gasteiger partial charge in [-0.1, -0.05) is 0 Å². The number of likely N-dealkylation sites (tertiary alicyclic amines) is 1. The molecule has 0 bridgehead atoms. The van der Waals surface area contributed by atoms with Crippen LogP contribution in [0.1, 0.15) is 20.8 Å². The number of hydrogen-bond acceptors (Lipinski definition) is 3. The predicted octanol–water partition coefficient (Wildman–Crippen LogP) is 0.963. The van der Waals surface area contributed by atoms with Crippen molar-refractivity contribution in [3.63, 3.8) is 0 Å². The maximum atomic E-state index is 2.55. The van der Waals surface area contributed by atoms with Crippen LogP contribution in [-0.4, -0.2) is 73.6 Å². The van der Waals surface area contributed by atoms with Gasteiger partial charge in [0.05, 0.1) is 0 Å². The van der Waals surface area contributed by atoms with E-state index in [0.29, 0.717) is 5.54 Å². The Bertz CT molecular complexity index is 190. The Morgan fingerprint density at radius 2 is 1.60 bits per heavy atom. The monoisotopic (exact) mass is 213 g/mol.